The molecule has 0 saturated carbocycles. The molecule has 0 fully saturated rings. The molecule has 6 nitrogen and oxygen atoms in total. The fourth-order valence-corrected chi connectivity index (χ4v) is 3.48. The highest BCUT2D eigenvalue weighted by atomic mass is 79.9. The van der Waals surface area contributed by atoms with Crippen LogP contribution in [0.4, 0.5) is 5.69 Å². The number of carbonyl (C=O) groups is 2. The van der Waals surface area contributed by atoms with Crippen molar-refractivity contribution >= 4 is 33.6 Å². The number of hydrogen-bond acceptors (Lipinski definition) is 6. The van der Waals surface area contributed by atoms with Crippen LogP contribution in [0.1, 0.15) is 25.0 Å². The second-order valence-corrected chi connectivity index (χ2v) is 6.41. The minimum absolute atomic E-state index is 0.00700. The third-order valence-corrected chi connectivity index (χ3v) is 4.56. The number of carbonyl (C=O) groups excluding carboxylic acids is 2. The van der Waals surface area contributed by atoms with Crippen LogP contribution in [0.2, 0.25) is 0 Å². The maximum absolute atomic E-state index is 12.5. The Morgan fingerprint density at radius 3 is 2.16 bits per heavy atom. The number of halogens is 1. The van der Waals surface area contributed by atoms with Gasteiger partial charge in [0.05, 0.1) is 26.4 Å². The Hall–Kier alpha value is -1.86. The van der Waals surface area contributed by atoms with Gasteiger partial charge in [0.2, 0.25) is 0 Å². The molecule has 2 rings (SSSR count). The van der Waals surface area contributed by atoms with E-state index < -0.39 is 11.9 Å². The van der Waals surface area contributed by atoms with Crippen LogP contribution in [0.25, 0.3) is 0 Å². The van der Waals surface area contributed by atoms with E-state index in [-0.39, 0.29) is 24.6 Å². The van der Waals surface area contributed by atoms with E-state index in [9.17, 15) is 9.59 Å². The summed E-state index contributed by atoms with van der Waals surface area (Å²) in [6.45, 7) is 4.25. The smallest absolute Gasteiger partial charge is 0.355 e. The van der Waals surface area contributed by atoms with Gasteiger partial charge in [0.25, 0.3) is 0 Å². The van der Waals surface area contributed by atoms with Gasteiger partial charge in [-0.05, 0) is 36.1 Å². The van der Waals surface area contributed by atoms with Gasteiger partial charge in [0, 0.05) is 10.2 Å². The van der Waals surface area contributed by atoms with E-state index in [0.29, 0.717) is 0 Å². The molecule has 1 aromatic rings. The maximum atomic E-state index is 12.5. The van der Waals surface area contributed by atoms with Crippen LogP contribution in [-0.4, -0.2) is 39.5 Å². The van der Waals surface area contributed by atoms with Gasteiger partial charge in [-0.25, -0.2) is 9.59 Å². The molecule has 0 amide bonds. The minimum atomic E-state index is -0.599. The molecule has 0 aliphatic carbocycles. The lowest BCUT2D eigenvalue weighted by atomic mass is 10.0. The van der Waals surface area contributed by atoms with Crippen molar-refractivity contribution in [1.82, 2.24) is 0 Å². The largest absolute Gasteiger partial charge is 0.466 e. The predicted molar refractivity (Wildman–Crippen MR) is 97.3 cm³/mol. The van der Waals surface area contributed by atoms with E-state index in [2.05, 4.69) is 15.9 Å². The first-order chi connectivity index (χ1) is 12.0. The fraction of sp³-hybridized carbons (Fsp3) is 0.444. The lowest BCUT2D eigenvalue weighted by Crippen LogP contribution is -2.39. The van der Waals surface area contributed by atoms with Crippen molar-refractivity contribution in [3.8, 4) is 0 Å². The van der Waals surface area contributed by atoms with Gasteiger partial charge in [-0.3, -0.25) is 0 Å². The Morgan fingerprint density at radius 2 is 1.68 bits per heavy atom. The van der Waals surface area contributed by atoms with Crippen molar-refractivity contribution in [3.63, 3.8) is 0 Å². The number of rotatable bonds is 5. The number of aryl methyl sites for hydroxylation is 2. The van der Waals surface area contributed by atoms with E-state index in [0.717, 1.165) is 34.1 Å². The quantitative estimate of drug-likeness (QED) is 0.693. The second kappa shape index (κ2) is 8.49. The highest BCUT2D eigenvalue weighted by Crippen LogP contribution is 2.35. The highest BCUT2D eigenvalue weighted by molar-refractivity contribution is 9.10. The van der Waals surface area contributed by atoms with Crippen LogP contribution < -0.4 is 4.90 Å². The minimum Gasteiger partial charge on any atom is -0.466 e. The van der Waals surface area contributed by atoms with Crippen LogP contribution >= 0.6 is 15.9 Å². The van der Waals surface area contributed by atoms with Crippen LogP contribution in [0.5, 0.6) is 0 Å². The third kappa shape index (κ3) is 3.88. The van der Waals surface area contributed by atoms with Crippen molar-refractivity contribution in [2.45, 2.75) is 26.7 Å². The Labute approximate surface area is 155 Å². The van der Waals surface area contributed by atoms with E-state index in [4.69, 9.17) is 14.2 Å². The number of hydrogen-bond donors (Lipinski definition) is 0. The molecule has 0 atom stereocenters. The first-order valence-electron chi connectivity index (χ1n) is 8.04. The molecule has 1 aliphatic heterocycles. The molecule has 0 saturated heterocycles. The number of nitrogens with zero attached hydrogens (tertiary/aromatic N) is 1. The number of anilines is 1. The van der Waals surface area contributed by atoms with E-state index >= 15 is 0 Å². The number of benzene rings is 1. The topological polar surface area (TPSA) is 65.1 Å². The Bertz CT molecular complexity index is 688. The summed E-state index contributed by atoms with van der Waals surface area (Å²) in [6, 6.07) is 4.02. The molecule has 0 aromatic heterocycles. The molecule has 0 N–H and O–H groups in total. The van der Waals surface area contributed by atoms with Crippen molar-refractivity contribution in [2.24, 2.45) is 0 Å². The molecule has 1 aliphatic rings. The Morgan fingerprint density at radius 1 is 1.12 bits per heavy atom. The molecular weight excluding hydrogens is 390 g/mol. The number of esters is 2. The zero-order valence-corrected chi connectivity index (χ0v) is 16.4. The lowest BCUT2D eigenvalue weighted by Gasteiger charge is -2.34. The molecule has 1 heterocycles. The summed E-state index contributed by atoms with van der Waals surface area (Å²) in [6.07, 6.45) is 1.53. The van der Waals surface area contributed by atoms with Crippen LogP contribution in [-0.2, 0) is 36.6 Å². The second-order valence-electron chi connectivity index (χ2n) is 5.50. The standard InChI is InChI=1S/C18H22BrNO5/c1-5-11-7-13(19)8-12(6-2)15(11)20-10-25-9-14(17(21)23-3)16(20)18(22)24-4/h7-8H,5-6,9-10H2,1-4H3. The summed E-state index contributed by atoms with van der Waals surface area (Å²) < 4.78 is 16.3. The molecule has 1 aromatic carbocycles. The van der Waals surface area contributed by atoms with Gasteiger partial charge < -0.3 is 19.1 Å². The molecule has 0 radical (unpaired) electrons. The summed E-state index contributed by atoms with van der Waals surface area (Å²) in [4.78, 5) is 26.3. The van der Waals surface area contributed by atoms with E-state index in [1.165, 1.54) is 14.2 Å². The zero-order valence-electron chi connectivity index (χ0n) is 14.8. The maximum Gasteiger partial charge on any atom is 0.355 e. The van der Waals surface area contributed by atoms with E-state index in [1.807, 2.05) is 26.0 Å². The lowest BCUT2D eigenvalue weighted by molar-refractivity contribution is -0.140. The molecule has 7 heteroatoms. The van der Waals surface area contributed by atoms with Gasteiger partial charge >= 0.3 is 11.9 Å². The van der Waals surface area contributed by atoms with E-state index in [1.54, 1.807) is 4.90 Å². The summed E-state index contributed by atoms with van der Waals surface area (Å²) in [5.41, 5.74) is 3.29. The van der Waals surface area contributed by atoms with Crippen molar-refractivity contribution in [1.29, 1.82) is 0 Å². The van der Waals surface area contributed by atoms with Gasteiger partial charge in [0.1, 0.15) is 12.4 Å². The highest BCUT2D eigenvalue weighted by Gasteiger charge is 2.34. The number of methoxy groups -OCH3 is 2. The third-order valence-electron chi connectivity index (χ3n) is 4.10. The van der Waals surface area contributed by atoms with Gasteiger partial charge in [-0.1, -0.05) is 29.8 Å². The molecular formula is C18H22BrNO5. The summed E-state index contributed by atoms with van der Waals surface area (Å²) in [5, 5.41) is 0. The Balaban J connectivity index is 2.72. The Kier molecular flexibility index (Phi) is 6.61. The number of ether oxygens (including phenoxy) is 3. The molecule has 0 bridgehead atoms. The van der Waals surface area contributed by atoms with Crippen molar-refractivity contribution < 1.29 is 23.8 Å². The van der Waals surface area contributed by atoms with Crippen molar-refractivity contribution in [2.75, 3.05) is 32.5 Å². The average molecular weight is 412 g/mol. The molecule has 0 spiro atoms. The summed E-state index contributed by atoms with van der Waals surface area (Å²) >= 11 is 3.53. The monoisotopic (exact) mass is 411 g/mol. The summed E-state index contributed by atoms with van der Waals surface area (Å²) in [7, 11) is 2.57. The van der Waals surface area contributed by atoms with Crippen LogP contribution in [0.3, 0.4) is 0 Å². The zero-order chi connectivity index (χ0) is 18.6. The molecule has 136 valence electrons. The predicted octanol–water partition coefficient (Wildman–Crippen LogP) is 2.97. The first-order valence-corrected chi connectivity index (χ1v) is 8.84. The van der Waals surface area contributed by atoms with Gasteiger partial charge in [0.15, 0.2) is 0 Å². The summed E-state index contributed by atoms with van der Waals surface area (Å²) in [5.74, 6) is -1.19. The fourth-order valence-electron chi connectivity index (χ4n) is 2.92. The van der Waals surface area contributed by atoms with Crippen LogP contribution in [0.15, 0.2) is 27.9 Å². The average Bonchev–Trinajstić information content (AvgIpc) is 2.65. The molecule has 25 heavy (non-hydrogen) atoms. The molecule has 0 unspecified atom stereocenters. The van der Waals surface area contributed by atoms with Crippen LogP contribution in [0, 0.1) is 0 Å². The first kappa shape index (κ1) is 19.5. The SMILES string of the molecule is CCc1cc(Br)cc(CC)c1N1COCC(C(=O)OC)=C1C(=O)OC. The van der Waals surface area contributed by atoms with Crippen molar-refractivity contribution in [3.05, 3.63) is 39.0 Å². The normalized spacial score (nSPS) is 14.5. The van der Waals surface area contributed by atoms with Gasteiger partial charge in [-0.15, -0.1) is 0 Å². The van der Waals surface area contributed by atoms with Gasteiger partial charge in [-0.2, -0.15) is 0 Å².